The molecular weight excluding hydrogens is 103 g/mol. The molecule has 44 valence electrons. The van der Waals surface area contributed by atoms with Gasteiger partial charge in [-0.2, -0.15) is 0 Å². The van der Waals surface area contributed by atoms with Crippen LogP contribution >= 0.6 is 0 Å². The summed E-state index contributed by atoms with van der Waals surface area (Å²) in [6.07, 6.45) is 1.21. The van der Waals surface area contributed by atoms with Gasteiger partial charge < -0.3 is 0 Å². The minimum atomic E-state index is 1.21. The Labute approximate surface area is 66.2 Å². The zero-order chi connectivity index (χ0) is 7.02. The van der Waals surface area contributed by atoms with Crippen LogP contribution in [-0.4, -0.2) is 17.7 Å². The van der Waals surface area contributed by atoms with Gasteiger partial charge >= 0.3 is 65.9 Å². The summed E-state index contributed by atoms with van der Waals surface area (Å²) in [5, 5.41) is 0. The molecule has 0 aliphatic heterocycles. The van der Waals surface area contributed by atoms with E-state index in [4.69, 9.17) is 0 Å². The van der Waals surface area contributed by atoms with Crippen molar-refractivity contribution in [2.75, 3.05) is 0 Å². The SMILES string of the molecule is [Li][C]1=C(C)C(C)=C(C)C1. The monoisotopic (exact) mass is 114 g/mol. The summed E-state index contributed by atoms with van der Waals surface area (Å²) in [5.41, 5.74) is 4.56. The van der Waals surface area contributed by atoms with Crippen molar-refractivity contribution in [1.82, 2.24) is 0 Å². The fraction of sp³-hybridized carbons (Fsp3) is 0.500. The summed E-state index contributed by atoms with van der Waals surface area (Å²) in [4.78, 5) is 0. The molecule has 1 aliphatic carbocycles. The quantitative estimate of drug-likeness (QED) is 0.423. The normalized spacial score (nSPS) is 20.1. The summed E-state index contributed by atoms with van der Waals surface area (Å²) in [6, 6.07) is 0. The van der Waals surface area contributed by atoms with E-state index < -0.39 is 0 Å². The number of hydrogen-bond acceptors (Lipinski definition) is 0. The van der Waals surface area contributed by atoms with Gasteiger partial charge in [0, 0.05) is 0 Å². The molecule has 0 radical (unpaired) electrons. The van der Waals surface area contributed by atoms with Crippen LogP contribution < -0.4 is 0 Å². The molecule has 0 aromatic carbocycles. The Morgan fingerprint density at radius 2 is 1.67 bits per heavy atom. The first-order valence-corrected chi connectivity index (χ1v) is 3.46. The molecule has 1 aliphatic rings. The summed E-state index contributed by atoms with van der Waals surface area (Å²) < 4.78 is 1.55. The molecule has 0 atom stereocenters. The molecule has 0 spiro atoms. The van der Waals surface area contributed by atoms with E-state index in [1.165, 1.54) is 17.6 Å². The Hall–Kier alpha value is 0.0774. The maximum atomic E-state index is 2.22. The van der Waals surface area contributed by atoms with Crippen LogP contribution in [0.4, 0.5) is 0 Å². The Kier molecular flexibility index (Phi) is 1.89. The predicted octanol–water partition coefficient (Wildman–Crippen LogP) is 2.17. The topological polar surface area (TPSA) is 0 Å². The van der Waals surface area contributed by atoms with E-state index in [1.54, 1.807) is 9.82 Å². The van der Waals surface area contributed by atoms with Crippen molar-refractivity contribution in [1.29, 1.82) is 0 Å². The molecule has 0 aromatic rings. The van der Waals surface area contributed by atoms with E-state index in [2.05, 4.69) is 38.5 Å². The van der Waals surface area contributed by atoms with Crippen molar-refractivity contribution in [3.63, 3.8) is 0 Å². The van der Waals surface area contributed by atoms with Crippen molar-refractivity contribution in [2.45, 2.75) is 27.2 Å². The van der Waals surface area contributed by atoms with Gasteiger partial charge in [0.1, 0.15) is 0 Å². The molecular formula is C8H11Li. The maximum absolute atomic E-state index is 2.22. The van der Waals surface area contributed by atoms with Crippen molar-refractivity contribution in [3.05, 3.63) is 21.0 Å². The Morgan fingerprint density at radius 3 is 1.78 bits per heavy atom. The van der Waals surface area contributed by atoms with Crippen LogP contribution in [0.25, 0.3) is 0 Å². The van der Waals surface area contributed by atoms with Gasteiger partial charge in [-0.15, -0.1) is 0 Å². The third-order valence-corrected chi connectivity index (χ3v) is 2.37. The number of rotatable bonds is 0. The fourth-order valence-electron chi connectivity index (χ4n) is 1.30. The molecule has 0 heterocycles. The van der Waals surface area contributed by atoms with Crippen LogP contribution in [0.1, 0.15) is 27.2 Å². The summed E-state index contributed by atoms with van der Waals surface area (Å²) in [6.45, 7) is 6.64. The van der Waals surface area contributed by atoms with Crippen LogP contribution in [0.3, 0.4) is 0 Å². The Morgan fingerprint density at radius 1 is 1.11 bits per heavy atom. The van der Waals surface area contributed by atoms with Gasteiger partial charge in [0.15, 0.2) is 0 Å². The molecule has 0 amide bonds. The van der Waals surface area contributed by atoms with Gasteiger partial charge in [-0.3, -0.25) is 0 Å². The average Bonchev–Trinajstić information content (AvgIpc) is 1.98. The standard InChI is InChI=1S/C8H11.Li/c1-6-4-5-7(2)8(6)3;/h4H2,1-3H3;. The molecule has 0 nitrogen and oxygen atoms in total. The van der Waals surface area contributed by atoms with E-state index in [0.29, 0.717) is 0 Å². The van der Waals surface area contributed by atoms with Gasteiger partial charge in [-0.1, -0.05) is 0 Å². The van der Waals surface area contributed by atoms with Crippen molar-refractivity contribution >= 4 is 17.7 Å². The van der Waals surface area contributed by atoms with Crippen LogP contribution in [0, 0.1) is 0 Å². The van der Waals surface area contributed by atoms with Gasteiger partial charge in [-0.05, 0) is 0 Å². The van der Waals surface area contributed by atoms with Crippen molar-refractivity contribution in [2.24, 2.45) is 0 Å². The van der Waals surface area contributed by atoms with E-state index in [1.807, 2.05) is 0 Å². The van der Waals surface area contributed by atoms with Crippen molar-refractivity contribution in [3.8, 4) is 0 Å². The molecule has 0 saturated carbocycles. The molecule has 1 rings (SSSR count). The Bertz CT molecular complexity index is 175. The molecule has 0 saturated heterocycles. The van der Waals surface area contributed by atoms with Crippen molar-refractivity contribution < 1.29 is 0 Å². The molecule has 0 aromatic heterocycles. The van der Waals surface area contributed by atoms with E-state index in [0.717, 1.165) is 0 Å². The molecule has 1 heteroatoms. The average molecular weight is 114 g/mol. The van der Waals surface area contributed by atoms with Gasteiger partial charge in [-0.25, -0.2) is 0 Å². The third-order valence-electron chi connectivity index (χ3n) is 2.37. The third kappa shape index (κ3) is 1.15. The minimum absolute atomic E-state index is 1.21. The van der Waals surface area contributed by atoms with E-state index in [-0.39, 0.29) is 0 Å². The summed E-state index contributed by atoms with van der Waals surface area (Å²) in [5.74, 6) is 0. The second-order valence-corrected chi connectivity index (χ2v) is 2.99. The van der Waals surface area contributed by atoms with Gasteiger partial charge in [0.2, 0.25) is 0 Å². The van der Waals surface area contributed by atoms with Crippen LogP contribution in [-0.2, 0) is 0 Å². The molecule has 0 N–H and O–H groups in total. The van der Waals surface area contributed by atoms with E-state index in [9.17, 15) is 0 Å². The van der Waals surface area contributed by atoms with Crippen LogP contribution in [0.5, 0.6) is 0 Å². The predicted molar refractivity (Wildman–Crippen MR) is 41.4 cm³/mol. The van der Waals surface area contributed by atoms with Gasteiger partial charge in [0.25, 0.3) is 0 Å². The summed E-state index contributed by atoms with van der Waals surface area (Å²) >= 11 is 2.22. The molecule has 0 unspecified atom stereocenters. The molecule has 9 heavy (non-hydrogen) atoms. The van der Waals surface area contributed by atoms with Gasteiger partial charge in [0.05, 0.1) is 0 Å². The molecule has 0 fully saturated rings. The Balaban J connectivity index is 2.97. The first-order valence-electron chi connectivity index (χ1n) is 3.46. The fourth-order valence-corrected chi connectivity index (χ4v) is 1.30. The zero-order valence-electron chi connectivity index (χ0n) is 6.71. The number of hydrogen-bond donors (Lipinski definition) is 0. The number of allylic oxidation sites excluding steroid dienone is 4. The molecule has 0 bridgehead atoms. The summed E-state index contributed by atoms with van der Waals surface area (Å²) in [7, 11) is 0. The second-order valence-electron chi connectivity index (χ2n) is 2.99. The first kappa shape index (κ1) is 7.19. The van der Waals surface area contributed by atoms with Crippen LogP contribution in [0.15, 0.2) is 21.0 Å². The van der Waals surface area contributed by atoms with E-state index >= 15 is 0 Å². The van der Waals surface area contributed by atoms with Crippen LogP contribution in [0.2, 0.25) is 0 Å². The first-order chi connectivity index (χ1) is 4.13. The second kappa shape index (κ2) is 2.37. The zero-order valence-corrected chi connectivity index (χ0v) is 6.71.